The van der Waals surface area contributed by atoms with Crippen molar-refractivity contribution >= 4 is 99.4 Å². The highest BCUT2D eigenvalue weighted by Crippen LogP contribution is 2.45. The van der Waals surface area contributed by atoms with Gasteiger partial charge in [-0.1, -0.05) is 292 Å². The number of benzene rings is 17. The summed E-state index contributed by atoms with van der Waals surface area (Å²) in [6.07, 6.45) is 6.11. The van der Waals surface area contributed by atoms with E-state index in [2.05, 4.69) is 426 Å². The first kappa shape index (κ1) is 69.4. The predicted octanol–water partition coefficient (Wildman–Crippen LogP) is 26.9. The minimum absolute atomic E-state index is 0.761. The molecule has 0 aliphatic rings. The summed E-state index contributed by atoms with van der Waals surface area (Å²) in [7, 11) is 0. The molecule has 0 bridgehead atoms. The first-order valence-corrected chi connectivity index (χ1v) is 40.7. The standard InChI is InChI=1S/C112H72N8/c1-3-91(92-27-13-10-19-71(92)2)78-37-33-72(34-38-78)83-48-57-105-101(67-83)102-68-84(73-35-39-79(40-36-73)95-32-18-26-76-24-11-14-28-93(76)95)49-58-106(102)119(105)89-54-45-82(46-55-89)110-114-116-112-100-66-85(42-41-80(100)62-64-118(110)112)86-47-56-97(75-22-8-5-9-23-75)99(65-86)88-51-60-108-104(70-88)103-69-87(96-30-17-16-29-94(96)74-20-6-4-7-21-74)50-59-107(103)120(108)90-52-43-81(44-53-90)109-113-115-111-98-31-15-12-25-77(98)61-63-117(109)111/h3-70H,1-2H2. The average Bonchev–Trinajstić information content (AvgIpc) is 1.59. The summed E-state index contributed by atoms with van der Waals surface area (Å²) in [5.74, 6) is 1.56. The Morgan fingerprint density at radius 3 is 1.19 bits per heavy atom. The van der Waals surface area contributed by atoms with Crippen LogP contribution in [0.15, 0.2) is 419 Å². The van der Waals surface area contributed by atoms with E-state index in [-0.39, 0.29) is 0 Å². The first-order chi connectivity index (χ1) is 59.3. The van der Waals surface area contributed by atoms with Gasteiger partial charge in [0.2, 0.25) is 0 Å². The van der Waals surface area contributed by atoms with E-state index in [0.29, 0.717) is 0 Å². The summed E-state index contributed by atoms with van der Waals surface area (Å²) >= 11 is 0. The molecule has 0 radical (unpaired) electrons. The van der Waals surface area contributed by atoms with Crippen LogP contribution in [0.5, 0.6) is 0 Å². The second-order valence-corrected chi connectivity index (χ2v) is 31.1. The van der Waals surface area contributed by atoms with Gasteiger partial charge in [-0.2, -0.15) is 0 Å². The molecule has 0 aliphatic heterocycles. The van der Waals surface area contributed by atoms with Gasteiger partial charge in [-0.05, 0) is 253 Å². The molecule has 0 aliphatic carbocycles. The van der Waals surface area contributed by atoms with E-state index < -0.39 is 0 Å². The van der Waals surface area contributed by atoms with Crippen LogP contribution < -0.4 is 10.4 Å². The monoisotopic (exact) mass is 1530 g/mol. The van der Waals surface area contributed by atoms with Crippen molar-refractivity contribution in [3.63, 3.8) is 0 Å². The summed E-state index contributed by atoms with van der Waals surface area (Å²) in [6, 6.07) is 143. The molecule has 6 aromatic heterocycles. The van der Waals surface area contributed by atoms with E-state index in [1.807, 2.05) is 18.2 Å². The molecule has 0 unspecified atom stereocenters. The average molecular weight is 1530 g/mol. The molecule has 0 saturated heterocycles. The molecule has 0 atom stereocenters. The van der Waals surface area contributed by atoms with Gasteiger partial charge in [-0.3, -0.25) is 8.80 Å². The lowest BCUT2D eigenvalue weighted by atomic mass is 9.90. The third-order valence-corrected chi connectivity index (χ3v) is 24.4. The second kappa shape index (κ2) is 28.4. The Bertz CT molecular complexity index is 8210. The normalized spacial score (nSPS) is 12.0. The van der Waals surface area contributed by atoms with Crippen LogP contribution in [-0.4, -0.2) is 38.3 Å². The maximum atomic E-state index is 5.01. The molecule has 23 rings (SSSR count). The first-order valence-electron chi connectivity index (χ1n) is 40.7. The van der Waals surface area contributed by atoms with Crippen molar-refractivity contribution in [3.05, 3.63) is 435 Å². The molecule has 8 nitrogen and oxygen atoms in total. The predicted molar refractivity (Wildman–Crippen MR) is 499 cm³/mol. The minimum Gasteiger partial charge on any atom is -0.309 e. The molecule has 23 aromatic rings. The zero-order valence-electron chi connectivity index (χ0n) is 65.3. The van der Waals surface area contributed by atoms with Crippen LogP contribution in [0, 0.1) is 0 Å². The van der Waals surface area contributed by atoms with Gasteiger partial charge in [0.25, 0.3) is 0 Å². The molecular formula is C112H72N8. The number of hydrogen-bond acceptors (Lipinski definition) is 4. The van der Waals surface area contributed by atoms with Gasteiger partial charge in [-0.25, -0.2) is 0 Å². The van der Waals surface area contributed by atoms with Crippen molar-refractivity contribution in [1.82, 2.24) is 38.3 Å². The van der Waals surface area contributed by atoms with E-state index >= 15 is 0 Å². The highest BCUT2D eigenvalue weighted by atomic mass is 15.3. The second-order valence-electron chi connectivity index (χ2n) is 31.1. The Kier molecular flexibility index (Phi) is 16.4. The van der Waals surface area contributed by atoms with Gasteiger partial charge in [0.1, 0.15) is 0 Å². The van der Waals surface area contributed by atoms with Crippen molar-refractivity contribution in [2.75, 3.05) is 0 Å². The maximum Gasteiger partial charge on any atom is 0.168 e. The van der Waals surface area contributed by atoms with Crippen molar-refractivity contribution in [3.8, 4) is 123 Å². The lowest BCUT2D eigenvalue weighted by Gasteiger charge is -2.14. The van der Waals surface area contributed by atoms with Gasteiger partial charge < -0.3 is 9.13 Å². The zero-order valence-corrected chi connectivity index (χ0v) is 65.3. The Morgan fingerprint density at radius 2 is 0.617 bits per heavy atom. The largest absolute Gasteiger partial charge is 0.309 e. The molecule has 8 heteroatoms. The van der Waals surface area contributed by atoms with Crippen molar-refractivity contribution < 1.29 is 0 Å². The number of fused-ring (bicyclic) bond motifs is 13. The van der Waals surface area contributed by atoms with Crippen LogP contribution in [-0.2, 0) is 0 Å². The number of aromatic nitrogens is 8. The van der Waals surface area contributed by atoms with E-state index in [4.69, 9.17) is 20.4 Å². The van der Waals surface area contributed by atoms with Crippen LogP contribution in [0.4, 0.5) is 0 Å². The lowest BCUT2D eigenvalue weighted by molar-refractivity contribution is 1.11. The van der Waals surface area contributed by atoms with Crippen molar-refractivity contribution in [2.45, 2.75) is 0 Å². The molecule has 0 amide bonds. The van der Waals surface area contributed by atoms with Crippen molar-refractivity contribution in [2.24, 2.45) is 0 Å². The van der Waals surface area contributed by atoms with E-state index in [1.165, 1.54) is 44.0 Å². The molecule has 560 valence electrons. The van der Waals surface area contributed by atoms with Gasteiger partial charge in [-0.15, -0.1) is 20.4 Å². The minimum atomic E-state index is 0.761. The highest BCUT2D eigenvalue weighted by molar-refractivity contribution is 6.14. The van der Waals surface area contributed by atoms with Crippen molar-refractivity contribution in [1.29, 1.82) is 0 Å². The Morgan fingerprint density at radius 1 is 0.242 bits per heavy atom. The van der Waals surface area contributed by atoms with E-state index in [9.17, 15) is 0 Å². The molecule has 0 saturated carbocycles. The molecule has 0 spiro atoms. The highest BCUT2D eigenvalue weighted by Gasteiger charge is 2.23. The molecule has 6 heterocycles. The molecule has 0 fully saturated rings. The van der Waals surface area contributed by atoms with Gasteiger partial charge in [0.05, 0.1) is 22.1 Å². The van der Waals surface area contributed by atoms with Gasteiger partial charge in [0.15, 0.2) is 22.9 Å². The van der Waals surface area contributed by atoms with Crippen LogP contribution in [0.25, 0.3) is 223 Å². The smallest absolute Gasteiger partial charge is 0.168 e. The Labute approximate surface area is 691 Å². The lowest BCUT2D eigenvalue weighted by Crippen LogP contribution is -2.24. The number of allylic oxidation sites excluding steroid dienone is 1. The van der Waals surface area contributed by atoms with Crippen LogP contribution in [0.1, 0.15) is 5.56 Å². The van der Waals surface area contributed by atoms with E-state index in [1.54, 1.807) is 0 Å². The number of pyridine rings is 2. The fourth-order valence-corrected chi connectivity index (χ4v) is 18.4. The fourth-order valence-electron chi connectivity index (χ4n) is 18.4. The molecule has 17 aromatic carbocycles. The Hall–Kier alpha value is -16.2. The third-order valence-electron chi connectivity index (χ3n) is 24.4. The van der Waals surface area contributed by atoms with Crippen LogP contribution in [0.3, 0.4) is 0 Å². The summed E-state index contributed by atoms with van der Waals surface area (Å²) in [5, 5.41) is 32.9. The summed E-state index contributed by atoms with van der Waals surface area (Å²) in [4.78, 5) is 0. The SMILES string of the molecule is C=CC(c1ccc(-c2ccc3c(c2)c2cc(-c4ccc(-c5cccc6ccccc56)cc4)ccc2n3-c2ccc(-c3nnc4c5cc(-c6ccc(-c7ccccc7)c(-c7ccc8c(c7)c7cc(-c9ccccc9-c9ccccc9)ccc7n8-c7ccc(-c8nnc9c%10ccccc%10ccn89)cc7)c6)ccc5ccn34)cc2)cc1)=c1ccccc1=C. The van der Waals surface area contributed by atoms with Gasteiger partial charge >= 0.3 is 0 Å². The summed E-state index contributed by atoms with van der Waals surface area (Å²) in [6.45, 7) is 8.54. The molecule has 120 heavy (non-hydrogen) atoms. The number of rotatable bonds is 14. The fraction of sp³-hybridized carbons (Fsp3) is 0. The number of hydrogen-bond donors (Lipinski definition) is 0. The summed E-state index contributed by atoms with van der Waals surface area (Å²) < 4.78 is 9.04. The van der Waals surface area contributed by atoms with Gasteiger partial charge in [0, 0.05) is 67.2 Å². The summed E-state index contributed by atoms with van der Waals surface area (Å²) in [5.41, 5.74) is 30.6. The molecular weight excluding hydrogens is 1460 g/mol. The van der Waals surface area contributed by atoms with E-state index in [0.717, 1.165) is 188 Å². The maximum absolute atomic E-state index is 5.01. The molecule has 0 N–H and O–H groups in total. The number of nitrogens with zero attached hydrogens (tertiary/aromatic N) is 8. The topological polar surface area (TPSA) is 70.2 Å². The van der Waals surface area contributed by atoms with Crippen LogP contribution >= 0.6 is 0 Å². The quantitative estimate of drug-likeness (QED) is 0.109. The van der Waals surface area contributed by atoms with Crippen LogP contribution in [0.2, 0.25) is 0 Å². The third kappa shape index (κ3) is 11.7. The Balaban J connectivity index is 0.606. The zero-order chi connectivity index (χ0) is 79.5.